The van der Waals surface area contributed by atoms with E-state index in [2.05, 4.69) is 19.9 Å². The van der Waals surface area contributed by atoms with Crippen molar-refractivity contribution in [3.8, 4) is 5.75 Å². The second kappa shape index (κ2) is 9.77. The first kappa shape index (κ1) is 21.8. The predicted octanol–water partition coefficient (Wildman–Crippen LogP) is 3.52. The first-order valence-corrected chi connectivity index (χ1v) is 9.30. The van der Waals surface area contributed by atoms with Crippen molar-refractivity contribution in [2.45, 2.75) is 12.4 Å². The van der Waals surface area contributed by atoms with E-state index in [4.69, 9.17) is 10.5 Å². The molecule has 162 valence electrons. The van der Waals surface area contributed by atoms with Gasteiger partial charge in [0.2, 0.25) is 0 Å². The molecule has 1 fully saturated rings. The Kier molecular flexibility index (Phi) is 7.11. The number of aliphatic imine (C=N–C) groups is 1. The van der Waals surface area contributed by atoms with Gasteiger partial charge in [-0.15, -0.1) is 13.2 Å². The third-order valence-corrected chi connectivity index (χ3v) is 4.54. The molecule has 10 heteroatoms. The van der Waals surface area contributed by atoms with Gasteiger partial charge in [-0.25, -0.2) is 4.39 Å². The standard InChI is InChI=1S/C20H22F4N4O2/c21-15-3-1-14(2-4-15)18(28-9-11-29-12-10-28)13-26-19(25)27-16-5-7-17(8-6-16)30-20(22,23)24/h1-8,18H,9-13H2,(H3,25,26,27). The molecule has 2 aromatic rings. The zero-order valence-corrected chi connectivity index (χ0v) is 16.0. The smallest absolute Gasteiger partial charge is 0.406 e. The Hall–Kier alpha value is -2.85. The number of nitrogens with two attached hydrogens (primary N) is 1. The van der Waals surface area contributed by atoms with Crippen LogP contribution in [0.2, 0.25) is 0 Å². The van der Waals surface area contributed by atoms with E-state index in [1.165, 1.54) is 36.4 Å². The number of hydrogen-bond acceptors (Lipinski definition) is 4. The van der Waals surface area contributed by atoms with Crippen LogP contribution in [-0.4, -0.2) is 50.1 Å². The summed E-state index contributed by atoms with van der Waals surface area (Å²) in [5.74, 6) is -0.533. The molecule has 1 aliphatic rings. The molecule has 1 aliphatic heterocycles. The van der Waals surface area contributed by atoms with Crippen molar-refractivity contribution in [1.82, 2.24) is 4.90 Å². The zero-order valence-electron chi connectivity index (χ0n) is 16.0. The lowest BCUT2D eigenvalue weighted by atomic mass is 10.0. The van der Waals surface area contributed by atoms with E-state index in [-0.39, 0.29) is 23.6 Å². The van der Waals surface area contributed by atoms with Crippen LogP contribution in [0.15, 0.2) is 53.5 Å². The summed E-state index contributed by atoms with van der Waals surface area (Å²) in [5, 5.41) is 2.84. The van der Waals surface area contributed by atoms with E-state index in [1.54, 1.807) is 12.1 Å². The number of nitrogens with one attached hydrogen (secondary N) is 1. The summed E-state index contributed by atoms with van der Waals surface area (Å²) < 4.78 is 59.2. The van der Waals surface area contributed by atoms with Crippen LogP contribution in [0.25, 0.3) is 0 Å². The van der Waals surface area contributed by atoms with Gasteiger partial charge in [0, 0.05) is 18.8 Å². The van der Waals surface area contributed by atoms with Gasteiger partial charge < -0.3 is 20.5 Å². The van der Waals surface area contributed by atoms with Gasteiger partial charge in [0.05, 0.1) is 25.8 Å². The number of nitrogens with zero attached hydrogens (tertiary/aromatic N) is 2. The van der Waals surface area contributed by atoms with Gasteiger partial charge in [0.1, 0.15) is 11.6 Å². The lowest BCUT2D eigenvalue weighted by Gasteiger charge is -2.34. The van der Waals surface area contributed by atoms with E-state index in [0.717, 1.165) is 5.56 Å². The summed E-state index contributed by atoms with van der Waals surface area (Å²) >= 11 is 0. The molecular weight excluding hydrogens is 404 g/mol. The molecular formula is C20H22F4N4O2. The summed E-state index contributed by atoms with van der Waals surface area (Å²) in [6, 6.07) is 11.3. The van der Waals surface area contributed by atoms with E-state index in [1.807, 2.05) is 0 Å². The number of anilines is 1. The van der Waals surface area contributed by atoms with E-state index in [0.29, 0.717) is 38.5 Å². The minimum absolute atomic E-state index is 0.111. The van der Waals surface area contributed by atoms with Gasteiger partial charge in [-0.05, 0) is 42.0 Å². The fourth-order valence-electron chi connectivity index (χ4n) is 3.12. The van der Waals surface area contributed by atoms with Crippen molar-refractivity contribution < 1.29 is 27.0 Å². The average molecular weight is 426 g/mol. The number of benzene rings is 2. The Morgan fingerprint density at radius 2 is 1.73 bits per heavy atom. The number of hydrogen-bond donors (Lipinski definition) is 2. The zero-order chi connectivity index (χ0) is 21.6. The maximum absolute atomic E-state index is 13.3. The average Bonchev–Trinajstić information content (AvgIpc) is 2.71. The molecule has 1 unspecified atom stereocenters. The van der Waals surface area contributed by atoms with Gasteiger partial charge >= 0.3 is 6.36 Å². The summed E-state index contributed by atoms with van der Waals surface area (Å²) in [5.41, 5.74) is 7.32. The molecule has 0 amide bonds. The molecule has 1 atom stereocenters. The maximum atomic E-state index is 13.3. The molecule has 3 rings (SSSR count). The van der Waals surface area contributed by atoms with Crippen molar-refractivity contribution in [2.75, 3.05) is 38.2 Å². The molecule has 3 N–H and O–H groups in total. The monoisotopic (exact) mass is 426 g/mol. The third kappa shape index (κ3) is 6.60. The van der Waals surface area contributed by atoms with Crippen LogP contribution in [0.4, 0.5) is 23.2 Å². The molecule has 0 saturated carbocycles. The number of ether oxygens (including phenoxy) is 2. The molecule has 0 aromatic heterocycles. The first-order valence-electron chi connectivity index (χ1n) is 9.30. The molecule has 1 saturated heterocycles. The number of alkyl halides is 3. The molecule has 30 heavy (non-hydrogen) atoms. The Bertz CT molecular complexity index is 835. The van der Waals surface area contributed by atoms with Gasteiger partial charge in [-0.1, -0.05) is 12.1 Å². The predicted molar refractivity (Wildman–Crippen MR) is 105 cm³/mol. The summed E-state index contributed by atoms with van der Waals surface area (Å²) in [7, 11) is 0. The highest BCUT2D eigenvalue weighted by Gasteiger charge is 2.31. The molecule has 0 aliphatic carbocycles. The summed E-state index contributed by atoms with van der Waals surface area (Å²) in [4.78, 5) is 6.56. The molecule has 2 aromatic carbocycles. The maximum Gasteiger partial charge on any atom is 0.573 e. The lowest BCUT2D eigenvalue weighted by molar-refractivity contribution is -0.274. The second-order valence-electron chi connectivity index (χ2n) is 6.64. The van der Waals surface area contributed by atoms with Crippen molar-refractivity contribution in [3.63, 3.8) is 0 Å². The third-order valence-electron chi connectivity index (χ3n) is 4.54. The fraction of sp³-hybridized carbons (Fsp3) is 0.350. The minimum Gasteiger partial charge on any atom is -0.406 e. The minimum atomic E-state index is -4.75. The molecule has 0 spiro atoms. The van der Waals surface area contributed by atoms with Crippen LogP contribution in [0.5, 0.6) is 5.75 Å². The second-order valence-corrected chi connectivity index (χ2v) is 6.64. The van der Waals surface area contributed by atoms with Crippen molar-refractivity contribution in [2.24, 2.45) is 10.7 Å². The normalized spacial score (nSPS) is 16.9. The van der Waals surface area contributed by atoms with Crippen molar-refractivity contribution >= 4 is 11.6 Å². The summed E-state index contributed by atoms with van der Waals surface area (Å²) in [6.07, 6.45) is -4.75. The molecule has 0 bridgehead atoms. The van der Waals surface area contributed by atoms with Crippen LogP contribution in [0.1, 0.15) is 11.6 Å². The van der Waals surface area contributed by atoms with E-state index in [9.17, 15) is 17.6 Å². The number of halogens is 4. The van der Waals surface area contributed by atoms with Gasteiger partial charge in [0.25, 0.3) is 0 Å². The van der Waals surface area contributed by atoms with Crippen LogP contribution in [0, 0.1) is 5.82 Å². The highest BCUT2D eigenvalue weighted by Crippen LogP contribution is 2.25. The van der Waals surface area contributed by atoms with Gasteiger partial charge in [-0.3, -0.25) is 9.89 Å². The Morgan fingerprint density at radius 3 is 2.33 bits per heavy atom. The highest BCUT2D eigenvalue weighted by molar-refractivity contribution is 5.92. The molecule has 6 nitrogen and oxygen atoms in total. The number of morpholine rings is 1. The first-order chi connectivity index (χ1) is 14.3. The van der Waals surface area contributed by atoms with Crippen LogP contribution in [0.3, 0.4) is 0 Å². The largest absolute Gasteiger partial charge is 0.573 e. The Labute approximate surface area is 171 Å². The number of rotatable bonds is 6. The quantitative estimate of drug-likeness (QED) is 0.420. The Morgan fingerprint density at radius 1 is 1.10 bits per heavy atom. The highest BCUT2D eigenvalue weighted by atomic mass is 19.4. The summed E-state index contributed by atoms with van der Waals surface area (Å²) in [6.45, 7) is 2.94. The lowest BCUT2D eigenvalue weighted by Crippen LogP contribution is -2.40. The van der Waals surface area contributed by atoms with Gasteiger partial charge in [0.15, 0.2) is 5.96 Å². The van der Waals surface area contributed by atoms with Crippen LogP contribution < -0.4 is 15.8 Å². The topological polar surface area (TPSA) is 72.1 Å². The van der Waals surface area contributed by atoms with Gasteiger partial charge in [-0.2, -0.15) is 0 Å². The SMILES string of the molecule is NC(=NCC(c1ccc(F)cc1)N1CCOCC1)Nc1ccc(OC(F)(F)F)cc1. The Balaban J connectivity index is 1.66. The van der Waals surface area contributed by atoms with Crippen LogP contribution in [-0.2, 0) is 4.74 Å². The van der Waals surface area contributed by atoms with Crippen molar-refractivity contribution in [3.05, 3.63) is 59.9 Å². The fourth-order valence-corrected chi connectivity index (χ4v) is 3.12. The van der Waals surface area contributed by atoms with E-state index >= 15 is 0 Å². The number of guanidine groups is 1. The van der Waals surface area contributed by atoms with Crippen molar-refractivity contribution in [1.29, 1.82) is 0 Å². The molecule has 1 heterocycles. The van der Waals surface area contributed by atoms with Crippen LogP contribution >= 0.6 is 0 Å². The molecule has 0 radical (unpaired) electrons. The van der Waals surface area contributed by atoms with E-state index < -0.39 is 6.36 Å².